The summed E-state index contributed by atoms with van der Waals surface area (Å²) in [5, 5.41) is 1.05. The zero-order valence-corrected chi connectivity index (χ0v) is 16.3. The van der Waals surface area contributed by atoms with E-state index in [-0.39, 0.29) is 11.9 Å². The summed E-state index contributed by atoms with van der Waals surface area (Å²) in [7, 11) is 3.49. The normalized spacial score (nSPS) is 12.0. The molecular weight excluding hydrogens is 338 g/mol. The van der Waals surface area contributed by atoms with Gasteiger partial charge in [0, 0.05) is 43.0 Å². The van der Waals surface area contributed by atoms with Crippen LogP contribution in [0.4, 0.5) is 0 Å². The highest BCUT2D eigenvalue weighted by Gasteiger charge is 2.28. The average Bonchev–Trinajstić information content (AvgIpc) is 2.69. The van der Waals surface area contributed by atoms with Crippen molar-refractivity contribution in [1.29, 1.82) is 0 Å². The van der Waals surface area contributed by atoms with Gasteiger partial charge in [0.2, 0.25) is 5.91 Å². The standard InChI is InChI=1S/C22H25N3O2/c1-5-8-19(26)25(3)21(16-9-6-11-23-14-16)18-13-15(2)17-10-7-12-24-20(17)22(18)27-4/h6-7,9-14,21H,5,8H2,1-4H3. The molecule has 0 bridgehead atoms. The molecule has 0 aliphatic carbocycles. The van der Waals surface area contributed by atoms with Gasteiger partial charge >= 0.3 is 0 Å². The number of nitrogens with zero attached hydrogens (tertiary/aromatic N) is 3. The van der Waals surface area contributed by atoms with E-state index >= 15 is 0 Å². The van der Waals surface area contributed by atoms with Crippen LogP contribution in [0.2, 0.25) is 0 Å². The van der Waals surface area contributed by atoms with Crippen molar-refractivity contribution in [3.8, 4) is 5.75 Å². The first-order chi connectivity index (χ1) is 13.1. The van der Waals surface area contributed by atoms with Crippen LogP contribution >= 0.6 is 0 Å². The molecule has 5 heteroatoms. The predicted octanol–water partition coefficient (Wildman–Crippen LogP) is 4.29. The first-order valence-corrected chi connectivity index (χ1v) is 9.16. The number of fused-ring (bicyclic) bond motifs is 1. The summed E-state index contributed by atoms with van der Waals surface area (Å²) in [6.07, 6.45) is 6.61. The summed E-state index contributed by atoms with van der Waals surface area (Å²) in [6.45, 7) is 4.07. The van der Waals surface area contributed by atoms with Gasteiger partial charge in [-0.25, -0.2) is 0 Å². The summed E-state index contributed by atoms with van der Waals surface area (Å²) in [6, 6.07) is 9.64. The van der Waals surface area contributed by atoms with E-state index in [4.69, 9.17) is 4.74 Å². The molecule has 0 aliphatic heterocycles. The number of ether oxygens (including phenoxy) is 1. The number of benzene rings is 1. The number of aryl methyl sites for hydroxylation is 1. The van der Waals surface area contributed by atoms with Crippen molar-refractivity contribution in [3.63, 3.8) is 0 Å². The number of carbonyl (C=O) groups is 1. The largest absolute Gasteiger partial charge is 0.494 e. The van der Waals surface area contributed by atoms with Crippen LogP contribution in [0.25, 0.3) is 10.9 Å². The number of hydrogen-bond acceptors (Lipinski definition) is 4. The fraction of sp³-hybridized carbons (Fsp3) is 0.318. The Labute approximate surface area is 160 Å². The third kappa shape index (κ3) is 3.63. The van der Waals surface area contributed by atoms with E-state index in [9.17, 15) is 4.79 Å². The summed E-state index contributed by atoms with van der Waals surface area (Å²) in [4.78, 5) is 23.3. The third-order valence-corrected chi connectivity index (χ3v) is 4.83. The number of amides is 1. The number of hydrogen-bond donors (Lipinski definition) is 0. The molecule has 27 heavy (non-hydrogen) atoms. The van der Waals surface area contributed by atoms with Crippen LogP contribution in [0.5, 0.6) is 5.75 Å². The van der Waals surface area contributed by atoms with Crippen molar-refractivity contribution in [3.05, 3.63) is 65.6 Å². The Hall–Kier alpha value is -2.95. The molecule has 140 valence electrons. The molecule has 0 aliphatic rings. The zero-order chi connectivity index (χ0) is 19.4. The number of rotatable bonds is 6. The first kappa shape index (κ1) is 18.8. The van der Waals surface area contributed by atoms with Crippen LogP contribution in [0.1, 0.15) is 42.5 Å². The van der Waals surface area contributed by atoms with Crippen LogP contribution in [-0.4, -0.2) is 34.9 Å². The average molecular weight is 363 g/mol. The summed E-state index contributed by atoms with van der Waals surface area (Å²) >= 11 is 0. The quantitative estimate of drug-likeness (QED) is 0.655. The highest BCUT2D eigenvalue weighted by atomic mass is 16.5. The Kier molecular flexibility index (Phi) is 5.69. The molecule has 2 aromatic heterocycles. The first-order valence-electron chi connectivity index (χ1n) is 9.16. The van der Waals surface area contributed by atoms with Crippen molar-refractivity contribution in [2.45, 2.75) is 32.7 Å². The van der Waals surface area contributed by atoms with Gasteiger partial charge in [-0.1, -0.05) is 19.1 Å². The molecule has 1 atom stereocenters. The Balaban J connectivity index is 2.25. The van der Waals surface area contributed by atoms with Gasteiger partial charge in [-0.3, -0.25) is 14.8 Å². The van der Waals surface area contributed by atoms with Gasteiger partial charge in [0.05, 0.1) is 13.2 Å². The topological polar surface area (TPSA) is 55.3 Å². The number of pyridine rings is 2. The maximum Gasteiger partial charge on any atom is 0.223 e. The summed E-state index contributed by atoms with van der Waals surface area (Å²) in [5.41, 5.74) is 3.76. The lowest BCUT2D eigenvalue weighted by molar-refractivity contribution is -0.131. The van der Waals surface area contributed by atoms with Gasteiger partial charge in [-0.05, 0) is 42.7 Å². The molecule has 0 fully saturated rings. The zero-order valence-electron chi connectivity index (χ0n) is 16.3. The monoisotopic (exact) mass is 363 g/mol. The molecular formula is C22H25N3O2. The van der Waals surface area contributed by atoms with E-state index in [1.54, 1.807) is 30.6 Å². The van der Waals surface area contributed by atoms with Crippen molar-refractivity contribution in [2.75, 3.05) is 14.2 Å². The van der Waals surface area contributed by atoms with Crippen LogP contribution in [0.3, 0.4) is 0 Å². The maximum atomic E-state index is 12.7. The number of aromatic nitrogens is 2. The second-order valence-electron chi connectivity index (χ2n) is 6.66. The highest BCUT2D eigenvalue weighted by molar-refractivity contribution is 5.89. The molecule has 5 nitrogen and oxygen atoms in total. The van der Waals surface area contributed by atoms with E-state index in [1.807, 2.05) is 38.2 Å². The molecule has 0 saturated heterocycles. The summed E-state index contributed by atoms with van der Waals surface area (Å²) in [5.74, 6) is 0.786. The number of carbonyl (C=O) groups excluding carboxylic acids is 1. The lowest BCUT2D eigenvalue weighted by atomic mass is 9.93. The maximum absolute atomic E-state index is 12.7. The highest BCUT2D eigenvalue weighted by Crippen LogP contribution is 2.39. The van der Waals surface area contributed by atoms with E-state index < -0.39 is 0 Å². The van der Waals surface area contributed by atoms with Gasteiger partial charge < -0.3 is 9.64 Å². The van der Waals surface area contributed by atoms with Crippen molar-refractivity contribution >= 4 is 16.8 Å². The van der Waals surface area contributed by atoms with Gasteiger partial charge in [-0.15, -0.1) is 0 Å². The Bertz CT molecular complexity index is 941. The molecule has 0 saturated carbocycles. The minimum atomic E-state index is -0.294. The lowest BCUT2D eigenvalue weighted by Gasteiger charge is -2.30. The van der Waals surface area contributed by atoms with Gasteiger partial charge in [0.25, 0.3) is 0 Å². The van der Waals surface area contributed by atoms with Gasteiger partial charge in [0.1, 0.15) is 5.52 Å². The van der Waals surface area contributed by atoms with E-state index in [1.165, 1.54) is 0 Å². The van der Waals surface area contributed by atoms with Crippen LogP contribution in [0.15, 0.2) is 48.9 Å². The second kappa shape index (κ2) is 8.16. The third-order valence-electron chi connectivity index (χ3n) is 4.83. The van der Waals surface area contributed by atoms with Gasteiger partial charge in [0.15, 0.2) is 5.75 Å². The molecule has 1 aromatic carbocycles. The van der Waals surface area contributed by atoms with E-state index in [2.05, 4.69) is 23.0 Å². The molecule has 2 heterocycles. The van der Waals surface area contributed by atoms with Crippen molar-refractivity contribution < 1.29 is 9.53 Å². The fourth-order valence-corrected chi connectivity index (χ4v) is 3.52. The second-order valence-corrected chi connectivity index (χ2v) is 6.66. The molecule has 3 rings (SSSR count). The lowest BCUT2D eigenvalue weighted by Crippen LogP contribution is -2.32. The Morgan fingerprint density at radius 1 is 1.26 bits per heavy atom. The van der Waals surface area contributed by atoms with Crippen molar-refractivity contribution in [1.82, 2.24) is 14.9 Å². The molecule has 0 spiro atoms. The smallest absolute Gasteiger partial charge is 0.223 e. The molecule has 3 aromatic rings. The fourth-order valence-electron chi connectivity index (χ4n) is 3.52. The number of methoxy groups -OCH3 is 1. The van der Waals surface area contributed by atoms with Gasteiger partial charge in [-0.2, -0.15) is 0 Å². The SMILES string of the molecule is CCCC(=O)N(C)C(c1cccnc1)c1cc(C)c2cccnc2c1OC. The Morgan fingerprint density at radius 2 is 2.04 bits per heavy atom. The molecule has 1 amide bonds. The van der Waals surface area contributed by atoms with E-state index in [0.717, 1.165) is 34.0 Å². The molecule has 0 radical (unpaired) electrons. The minimum absolute atomic E-state index is 0.0900. The Morgan fingerprint density at radius 3 is 2.70 bits per heavy atom. The van der Waals surface area contributed by atoms with Crippen LogP contribution < -0.4 is 4.74 Å². The van der Waals surface area contributed by atoms with Crippen LogP contribution in [-0.2, 0) is 4.79 Å². The van der Waals surface area contributed by atoms with Crippen LogP contribution in [0, 0.1) is 6.92 Å². The van der Waals surface area contributed by atoms with E-state index in [0.29, 0.717) is 12.2 Å². The summed E-state index contributed by atoms with van der Waals surface area (Å²) < 4.78 is 5.79. The molecule has 1 unspecified atom stereocenters. The molecule has 0 N–H and O–H groups in total. The van der Waals surface area contributed by atoms with Crippen molar-refractivity contribution in [2.24, 2.45) is 0 Å². The predicted molar refractivity (Wildman–Crippen MR) is 107 cm³/mol. The minimum Gasteiger partial charge on any atom is -0.494 e.